The lowest BCUT2D eigenvalue weighted by atomic mass is 9.91. The highest BCUT2D eigenvalue weighted by Crippen LogP contribution is 2.42. The Balaban J connectivity index is 2.00. The molecule has 0 radical (unpaired) electrons. The number of halogens is 3. The maximum atomic E-state index is 12.9. The highest BCUT2D eigenvalue weighted by atomic mass is 19.4. The number of fused-ring (bicyclic) bond motifs is 1. The number of nitrogens with two attached hydrogens (primary N) is 1. The Kier molecular flexibility index (Phi) is 5.18. The van der Waals surface area contributed by atoms with Gasteiger partial charge in [0.25, 0.3) is 0 Å². The molecule has 152 valence electrons. The van der Waals surface area contributed by atoms with E-state index < -0.39 is 6.18 Å². The smallest absolute Gasteiger partial charge is 0.458 e. The second kappa shape index (κ2) is 7.64. The van der Waals surface area contributed by atoms with Crippen LogP contribution in [0.2, 0.25) is 0 Å². The number of hydrogen-bond donors (Lipinski definition) is 1. The maximum Gasteiger partial charge on any atom is 0.458 e. The molecule has 2 aromatic rings. The Hall–Kier alpha value is -2.65. The van der Waals surface area contributed by atoms with Crippen LogP contribution in [0.15, 0.2) is 36.4 Å². The number of ether oxygens (including phenoxy) is 1. The zero-order chi connectivity index (χ0) is 20.6. The van der Waals surface area contributed by atoms with Crippen LogP contribution in [0.25, 0.3) is 16.5 Å². The van der Waals surface area contributed by atoms with Crippen molar-refractivity contribution < 1.29 is 17.9 Å². The number of hydrogen-bond acceptors (Lipinski definition) is 2. The summed E-state index contributed by atoms with van der Waals surface area (Å²) in [5.74, 6) is 4.62. The SMILES string of the molecule is CCOc1ccc2c(C#CC(F)(F)F)c(C3=CCC(N)C=C3)n(C3CCC3)c2c1. The molecule has 1 aromatic carbocycles. The van der Waals surface area contributed by atoms with Gasteiger partial charge in [0.2, 0.25) is 0 Å². The molecular weight excluding hydrogens is 377 g/mol. The summed E-state index contributed by atoms with van der Waals surface area (Å²) in [4.78, 5) is 0. The van der Waals surface area contributed by atoms with E-state index in [-0.39, 0.29) is 12.1 Å². The van der Waals surface area contributed by atoms with E-state index in [4.69, 9.17) is 10.5 Å². The summed E-state index contributed by atoms with van der Waals surface area (Å²) in [6.45, 7) is 2.43. The Morgan fingerprint density at radius 1 is 1.28 bits per heavy atom. The lowest BCUT2D eigenvalue weighted by Gasteiger charge is -2.31. The van der Waals surface area contributed by atoms with E-state index in [2.05, 4.69) is 10.5 Å². The van der Waals surface area contributed by atoms with Gasteiger partial charge in [-0.05, 0) is 50.3 Å². The minimum absolute atomic E-state index is 0.0745. The topological polar surface area (TPSA) is 40.2 Å². The van der Waals surface area contributed by atoms with Crippen molar-refractivity contribution in [2.75, 3.05) is 6.61 Å². The third-order valence-corrected chi connectivity index (χ3v) is 5.46. The molecule has 0 aliphatic heterocycles. The number of aromatic nitrogens is 1. The second-order valence-electron chi connectivity index (χ2n) is 7.46. The fourth-order valence-electron chi connectivity index (χ4n) is 3.93. The molecule has 0 bridgehead atoms. The highest BCUT2D eigenvalue weighted by molar-refractivity contribution is 5.96. The van der Waals surface area contributed by atoms with Crippen molar-refractivity contribution in [3.63, 3.8) is 0 Å². The minimum Gasteiger partial charge on any atom is -0.494 e. The molecule has 1 saturated carbocycles. The molecule has 1 unspecified atom stereocenters. The van der Waals surface area contributed by atoms with Gasteiger partial charge in [0.05, 0.1) is 23.4 Å². The zero-order valence-corrected chi connectivity index (χ0v) is 16.2. The number of nitrogens with zero attached hydrogens (tertiary/aromatic N) is 1. The predicted molar refractivity (Wildman–Crippen MR) is 109 cm³/mol. The standard InChI is InChI=1S/C23H23F3N2O/c1-2-29-18-10-11-19-20(12-13-23(24,25)26)22(15-6-8-16(27)9-7-15)28(21(19)14-18)17-4-3-5-17/h6-8,10-11,14,16-17H,2-5,9,27H2,1H3. The Morgan fingerprint density at radius 3 is 2.66 bits per heavy atom. The van der Waals surface area contributed by atoms with E-state index >= 15 is 0 Å². The van der Waals surface area contributed by atoms with Crippen molar-refractivity contribution in [3.8, 4) is 17.6 Å². The molecule has 2 aliphatic rings. The quantitative estimate of drug-likeness (QED) is 0.703. The van der Waals surface area contributed by atoms with Crippen LogP contribution in [0.5, 0.6) is 5.75 Å². The van der Waals surface area contributed by atoms with Gasteiger partial charge in [-0.2, -0.15) is 13.2 Å². The molecule has 0 amide bonds. The van der Waals surface area contributed by atoms with Gasteiger partial charge in [-0.15, -0.1) is 0 Å². The Morgan fingerprint density at radius 2 is 2.07 bits per heavy atom. The molecule has 3 nitrogen and oxygen atoms in total. The van der Waals surface area contributed by atoms with Crippen LogP contribution in [0, 0.1) is 11.8 Å². The fourth-order valence-corrected chi connectivity index (χ4v) is 3.93. The van der Waals surface area contributed by atoms with Gasteiger partial charge >= 0.3 is 6.18 Å². The van der Waals surface area contributed by atoms with Gasteiger partial charge < -0.3 is 15.0 Å². The first-order chi connectivity index (χ1) is 13.9. The molecule has 1 aromatic heterocycles. The monoisotopic (exact) mass is 400 g/mol. The number of benzene rings is 1. The van der Waals surface area contributed by atoms with Crippen molar-refractivity contribution in [3.05, 3.63) is 47.7 Å². The van der Waals surface area contributed by atoms with Crippen LogP contribution in [0.1, 0.15) is 49.9 Å². The minimum atomic E-state index is -4.55. The fraction of sp³-hybridized carbons (Fsp3) is 0.391. The van der Waals surface area contributed by atoms with Crippen molar-refractivity contribution in [2.45, 2.75) is 50.9 Å². The van der Waals surface area contributed by atoms with Crippen LogP contribution in [-0.4, -0.2) is 23.4 Å². The average Bonchev–Trinajstić information content (AvgIpc) is 2.93. The first-order valence-corrected chi connectivity index (χ1v) is 9.92. The van der Waals surface area contributed by atoms with E-state index in [0.29, 0.717) is 24.3 Å². The number of alkyl halides is 3. The lowest BCUT2D eigenvalue weighted by molar-refractivity contribution is -0.0696. The van der Waals surface area contributed by atoms with Crippen LogP contribution in [0.3, 0.4) is 0 Å². The van der Waals surface area contributed by atoms with Crippen LogP contribution < -0.4 is 10.5 Å². The molecule has 4 rings (SSSR count). The first-order valence-electron chi connectivity index (χ1n) is 9.92. The third-order valence-electron chi connectivity index (χ3n) is 5.46. The molecule has 1 heterocycles. The number of rotatable bonds is 4. The first kappa shape index (κ1) is 19.7. The molecule has 1 atom stereocenters. The highest BCUT2D eigenvalue weighted by Gasteiger charge is 2.29. The van der Waals surface area contributed by atoms with Gasteiger partial charge in [-0.3, -0.25) is 0 Å². The summed E-state index contributed by atoms with van der Waals surface area (Å²) in [6.07, 6.45) is 5.00. The van der Waals surface area contributed by atoms with Gasteiger partial charge in [0, 0.05) is 29.5 Å². The molecule has 1 fully saturated rings. The molecule has 2 N–H and O–H groups in total. The summed E-state index contributed by atoms with van der Waals surface area (Å²) in [6, 6.07) is 5.70. The maximum absolute atomic E-state index is 12.9. The number of allylic oxidation sites excluding steroid dienone is 2. The van der Waals surface area contributed by atoms with Crippen molar-refractivity contribution >= 4 is 16.5 Å². The molecule has 6 heteroatoms. The summed E-state index contributed by atoms with van der Waals surface area (Å²) >= 11 is 0. The van der Waals surface area contributed by atoms with E-state index in [0.717, 1.165) is 41.4 Å². The summed E-state index contributed by atoms with van der Waals surface area (Å²) in [5.41, 5.74) is 8.87. The van der Waals surface area contributed by atoms with E-state index in [1.165, 1.54) is 5.92 Å². The zero-order valence-electron chi connectivity index (χ0n) is 16.2. The van der Waals surface area contributed by atoms with Crippen molar-refractivity contribution in [2.24, 2.45) is 5.73 Å². The van der Waals surface area contributed by atoms with Gasteiger partial charge in [0.1, 0.15) is 5.75 Å². The average molecular weight is 400 g/mol. The summed E-state index contributed by atoms with van der Waals surface area (Å²) < 4.78 is 46.6. The summed E-state index contributed by atoms with van der Waals surface area (Å²) in [5, 5.41) is 0.719. The normalized spacial score (nSPS) is 19.5. The van der Waals surface area contributed by atoms with E-state index in [9.17, 15) is 13.2 Å². The molecule has 0 saturated heterocycles. The molecule has 2 aliphatic carbocycles. The predicted octanol–water partition coefficient (Wildman–Crippen LogP) is 5.35. The lowest BCUT2D eigenvalue weighted by Crippen LogP contribution is -2.21. The molecular formula is C23H23F3N2O. The summed E-state index contributed by atoms with van der Waals surface area (Å²) in [7, 11) is 0. The van der Waals surface area contributed by atoms with Crippen molar-refractivity contribution in [1.82, 2.24) is 4.57 Å². The van der Waals surface area contributed by atoms with E-state index in [1.54, 1.807) is 6.07 Å². The Labute approximate surface area is 168 Å². The van der Waals surface area contributed by atoms with Crippen LogP contribution >= 0.6 is 0 Å². The molecule has 29 heavy (non-hydrogen) atoms. The largest absolute Gasteiger partial charge is 0.494 e. The Bertz CT molecular complexity index is 1050. The second-order valence-corrected chi connectivity index (χ2v) is 7.46. The van der Waals surface area contributed by atoms with Gasteiger partial charge in [-0.25, -0.2) is 0 Å². The van der Waals surface area contributed by atoms with Crippen LogP contribution in [-0.2, 0) is 0 Å². The van der Waals surface area contributed by atoms with Gasteiger partial charge in [0.15, 0.2) is 0 Å². The van der Waals surface area contributed by atoms with Crippen LogP contribution in [0.4, 0.5) is 13.2 Å². The van der Waals surface area contributed by atoms with E-state index in [1.807, 2.05) is 37.3 Å². The molecule has 0 spiro atoms. The van der Waals surface area contributed by atoms with Gasteiger partial charge in [-0.1, -0.05) is 24.1 Å². The third kappa shape index (κ3) is 3.92. The van der Waals surface area contributed by atoms with Crippen molar-refractivity contribution in [1.29, 1.82) is 0 Å².